The number of benzene rings is 2. The van der Waals surface area contributed by atoms with Crippen LogP contribution >= 0.6 is 0 Å². The van der Waals surface area contributed by atoms with E-state index >= 15 is 0 Å². The van der Waals surface area contributed by atoms with Crippen LogP contribution in [0, 0.1) is 5.92 Å². The lowest BCUT2D eigenvalue weighted by Gasteiger charge is -2.32. The number of amides is 3. The number of carbonyl (C=O) groups excluding carboxylic acids is 3. The van der Waals surface area contributed by atoms with E-state index in [2.05, 4.69) is 15.5 Å². The molecule has 2 aromatic rings. The van der Waals surface area contributed by atoms with E-state index in [1.165, 1.54) is 0 Å². The van der Waals surface area contributed by atoms with Gasteiger partial charge >= 0.3 is 0 Å². The third-order valence-corrected chi connectivity index (χ3v) is 6.31. The number of hydrogen-bond acceptors (Lipinski definition) is 5. The van der Waals surface area contributed by atoms with Crippen molar-refractivity contribution in [2.24, 2.45) is 5.92 Å². The van der Waals surface area contributed by atoms with E-state index in [9.17, 15) is 14.4 Å². The van der Waals surface area contributed by atoms with Crippen molar-refractivity contribution in [3.8, 4) is 5.75 Å². The predicted molar refractivity (Wildman–Crippen MR) is 131 cm³/mol. The molecule has 2 fully saturated rings. The minimum atomic E-state index is -0.353. The van der Waals surface area contributed by atoms with Crippen LogP contribution in [0.2, 0.25) is 0 Å². The Hall–Kier alpha value is -3.39. The topological polar surface area (TPSA) is 91.0 Å². The number of piperidine rings is 1. The molecule has 0 aromatic heterocycles. The lowest BCUT2D eigenvalue weighted by Crippen LogP contribution is -2.48. The van der Waals surface area contributed by atoms with Gasteiger partial charge in [0.25, 0.3) is 0 Å². The fourth-order valence-electron chi connectivity index (χ4n) is 4.50. The summed E-state index contributed by atoms with van der Waals surface area (Å²) < 4.78 is 5.46. The second kappa shape index (κ2) is 11.2. The van der Waals surface area contributed by atoms with Gasteiger partial charge in [-0.25, -0.2) is 0 Å². The van der Waals surface area contributed by atoms with Gasteiger partial charge in [0.1, 0.15) is 5.75 Å². The van der Waals surface area contributed by atoms with Crippen molar-refractivity contribution in [3.63, 3.8) is 0 Å². The summed E-state index contributed by atoms with van der Waals surface area (Å²) in [7, 11) is 0. The minimum Gasteiger partial charge on any atom is -0.494 e. The molecule has 2 heterocycles. The van der Waals surface area contributed by atoms with Crippen molar-refractivity contribution in [2.45, 2.75) is 32.2 Å². The van der Waals surface area contributed by atoms with Gasteiger partial charge in [-0.3, -0.25) is 19.3 Å². The molecule has 3 amide bonds. The van der Waals surface area contributed by atoms with E-state index in [-0.39, 0.29) is 36.1 Å². The van der Waals surface area contributed by atoms with E-state index in [1.54, 1.807) is 4.90 Å². The Balaban J connectivity index is 1.21. The first-order valence-corrected chi connectivity index (χ1v) is 11.9. The van der Waals surface area contributed by atoms with Crippen molar-refractivity contribution in [2.75, 3.05) is 43.0 Å². The number of para-hydroxylation sites is 1. The first kappa shape index (κ1) is 23.8. The fourth-order valence-corrected chi connectivity index (χ4v) is 4.50. The van der Waals surface area contributed by atoms with Crippen LogP contribution in [0.1, 0.15) is 26.2 Å². The zero-order chi connectivity index (χ0) is 23.9. The molecular formula is C26H32N4O4. The number of rotatable bonds is 8. The molecule has 180 valence electrons. The molecule has 0 saturated carbocycles. The van der Waals surface area contributed by atoms with Gasteiger partial charge in [0.15, 0.2) is 0 Å². The Morgan fingerprint density at radius 1 is 1.03 bits per heavy atom. The lowest BCUT2D eigenvalue weighted by atomic mass is 10.0. The molecule has 34 heavy (non-hydrogen) atoms. The summed E-state index contributed by atoms with van der Waals surface area (Å²) in [4.78, 5) is 41.4. The fraction of sp³-hybridized carbons (Fsp3) is 0.423. The van der Waals surface area contributed by atoms with Crippen LogP contribution in [0.25, 0.3) is 0 Å². The normalized spacial score (nSPS) is 19.1. The summed E-state index contributed by atoms with van der Waals surface area (Å²) in [6.07, 6.45) is 1.79. The molecule has 2 aliphatic rings. The van der Waals surface area contributed by atoms with E-state index in [0.717, 1.165) is 43.1 Å². The van der Waals surface area contributed by atoms with Gasteiger partial charge in [0.05, 0.1) is 19.1 Å². The van der Waals surface area contributed by atoms with Crippen LogP contribution in [0.15, 0.2) is 54.6 Å². The number of carbonyl (C=O) groups is 3. The highest BCUT2D eigenvalue weighted by atomic mass is 16.5. The van der Waals surface area contributed by atoms with Crippen molar-refractivity contribution in [1.82, 2.24) is 10.2 Å². The van der Waals surface area contributed by atoms with E-state index in [0.29, 0.717) is 19.7 Å². The smallest absolute Gasteiger partial charge is 0.238 e. The molecule has 0 spiro atoms. The highest BCUT2D eigenvalue weighted by molar-refractivity contribution is 6.00. The SMILES string of the molecule is CCOc1ccc(N2CC(C(=O)NC3CCN(CC(=O)Nc4ccccc4)CC3)CC2=O)cc1. The highest BCUT2D eigenvalue weighted by Crippen LogP contribution is 2.27. The van der Waals surface area contributed by atoms with E-state index in [4.69, 9.17) is 4.74 Å². The standard InChI is InChI=1S/C26H32N4O4/c1-2-34-23-10-8-22(9-11-23)30-17-19(16-25(30)32)26(33)28-21-12-14-29(15-13-21)18-24(31)27-20-6-4-3-5-7-20/h3-11,19,21H,2,12-18H2,1H3,(H,27,31)(H,28,33). The molecule has 8 nitrogen and oxygen atoms in total. The van der Waals surface area contributed by atoms with Crippen LogP contribution in [-0.2, 0) is 14.4 Å². The van der Waals surface area contributed by atoms with Crippen LogP contribution in [0.4, 0.5) is 11.4 Å². The van der Waals surface area contributed by atoms with Gasteiger partial charge < -0.3 is 20.3 Å². The molecule has 4 rings (SSSR count). The monoisotopic (exact) mass is 464 g/mol. The van der Waals surface area contributed by atoms with Crippen LogP contribution in [0.3, 0.4) is 0 Å². The summed E-state index contributed by atoms with van der Waals surface area (Å²) in [6.45, 7) is 4.72. The summed E-state index contributed by atoms with van der Waals surface area (Å²) in [6, 6.07) is 16.9. The minimum absolute atomic E-state index is 0.0347. The number of nitrogens with zero attached hydrogens (tertiary/aromatic N) is 2. The molecule has 0 bridgehead atoms. The Kier molecular flexibility index (Phi) is 7.80. The number of likely N-dealkylation sites (tertiary alicyclic amines) is 1. The lowest BCUT2D eigenvalue weighted by molar-refractivity contribution is -0.127. The van der Waals surface area contributed by atoms with Crippen molar-refractivity contribution in [3.05, 3.63) is 54.6 Å². The average Bonchev–Trinajstić information content (AvgIpc) is 3.23. The molecular weight excluding hydrogens is 432 g/mol. The number of nitrogens with one attached hydrogen (secondary N) is 2. The second-order valence-electron chi connectivity index (χ2n) is 8.81. The van der Waals surface area contributed by atoms with Gasteiger partial charge in [-0.15, -0.1) is 0 Å². The maximum absolute atomic E-state index is 12.9. The summed E-state index contributed by atoms with van der Waals surface area (Å²) in [5.74, 6) is 0.267. The molecule has 1 atom stereocenters. The number of hydrogen-bond donors (Lipinski definition) is 2. The largest absolute Gasteiger partial charge is 0.494 e. The molecule has 2 N–H and O–H groups in total. The van der Waals surface area contributed by atoms with Crippen LogP contribution in [0.5, 0.6) is 5.75 Å². The highest BCUT2D eigenvalue weighted by Gasteiger charge is 2.36. The Morgan fingerprint density at radius 2 is 1.74 bits per heavy atom. The van der Waals surface area contributed by atoms with Crippen molar-refractivity contribution in [1.29, 1.82) is 0 Å². The van der Waals surface area contributed by atoms with Crippen LogP contribution in [-0.4, -0.2) is 61.4 Å². The summed E-state index contributed by atoms with van der Waals surface area (Å²) in [5, 5.41) is 6.03. The molecule has 1 unspecified atom stereocenters. The third-order valence-electron chi connectivity index (χ3n) is 6.31. The first-order valence-electron chi connectivity index (χ1n) is 11.9. The van der Waals surface area contributed by atoms with E-state index in [1.807, 2.05) is 61.5 Å². The first-order chi connectivity index (χ1) is 16.5. The van der Waals surface area contributed by atoms with Gasteiger partial charge in [-0.2, -0.15) is 0 Å². The maximum Gasteiger partial charge on any atom is 0.238 e. The molecule has 2 aliphatic heterocycles. The van der Waals surface area contributed by atoms with Gasteiger partial charge in [0, 0.05) is 43.5 Å². The van der Waals surface area contributed by atoms with Gasteiger partial charge in [0.2, 0.25) is 17.7 Å². The second-order valence-corrected chi connectivity index (χ2v) is 8.81. The Morgan fingerprint density at radius 3 is 2.41 bits per heavy atom. The van der Waals surface area contributed by atoms with E-state index < -0.39 is 0 Å². The molecule has 2 aromatic carbocycles. The van der Waals surface area contributed by atoms with Crippen molar-refractivity contribution < 1.29 is 19.1 Å². The maximum atomic E-state index is 12.9. The molecule has 2 saturated heterocycles. The zero-order valence-electron chi connectivity index (χ0n) is 19.5. The Bertz CT molecular complexity index is 988. The molecule has 0 radical (unpaired) electrons. The summed E-state index contributed by atoms with van der Waals surface area (Å²) >= 11 is 0. The summed E-state index contributed by atoms with van der Waals surface area (Å²) in [5.41, 5.74) is 1.57. The average molecular weight is 465 g/mol. The number of ether oxygens (including phenoxy) is 1. The van der Waals surface area contributed by atoms with Crippen LogP contribution < -0.4 is 20.3 Å². The Labute approximate surface area is 200 Å². The third kappa shape index (κ3) is 6.14. The molecule has 0 aliphatic carbocycles. The predicted octanol–water partition coefficient (Wildman–Crippen LogP) is 2.66. The quantitative estimate of drug-likeness (QED) is 0.627. The number of anilines is 2. The van der Waals surface area contributed by atoms with Gasteiger partial charge in [-0.05, 0) is 56.2 Å². The van der Waals surface area contributed by atoms with Crippen molar-refractivity contribution >= 4 is 29.1 Å². The zero-order valence-corrected chi connectivity index (χ0v) is 19.5. The van der Waals surface area contributed by atoms with Gasteiger partial charge in [-0.1, -0.05) is 18.2 Å². The molecule has 8 heteroatoms.